The summed E-state index contributed by atoms with van der Waals surface area (Å²) < 4.78 is 0. The molecule has 0 saturated heterocycles. The van der Waals surface area contributed by atoms with Crippen LogP contribution >= 0.6 is 12.6 Å². The van der Waals surface area contributed by atoms with Crippen LogP contribution in [-0.2, 0) is 6.42 Å². The Balaban J connectivity index is -0.000000230. The number of hydrogen-bond donors (Lipinski definition) is 1. The Hall–Kier alpha value is -2.51. The molecule has 0 bridgehead atoms. The molecule has 0 N–H and O–H groups in total. The summed E-state index contributed by atoms with van der Waals surface area (Å²) in [5, 5.41) is 0. The molecule has 0 radical (unpaired) electrons. The lowest BCUT2D eigenvalue weighted by atomic mass is 9.98. The highest BCUT2D eigenvalue weighted by Gasteiger charge is 2.05. The van der Waals surface area contributed by atoms with Gasteiger partial charge >= 0.3 is 0 Å². The maximum atomic E-state index is 4.35. The fourth-order valence-electron chi connectivity index (χ4n) is 2.79. The van der Waals surface area contributed by atoms with E-state index in [1.807, 2.05) is 39.8 Å². The van der Waals surface area contributed by atoms with Gasteiger partial charge in [-0.2, -0.15) is 0 Å². The molecule has 0 amide bonds. The molecular formula is C36H58S. The predicted molar refractivity (Wildman–Crippen MR) is 182 cm³/mol. The molecule has 0 aliphatic rings. The van der Waals surface area contributed by atoms with Crippen molar-refractivity contribution in [2.75, 3.05) is 0 Å². The molecule has 0 unspecified atom stereocenters. The van der Waals surface area contributed by atoms with Crippen molar-refractivity contribution in [2.24, 2.45) is 0 Å². The average Bonchev–Trinajstić information content (AvgIpc) is 2.91. The van der Waals surface area contributed by atoms with Crippen molar-refractivity contribution >= 4 is 17.5 Å². The van der Waals surface area contributed by atoms with Crippen LogP contribution < -0.4 is 0 Å². The summed E-state index contributed by atoms with van der Waals surface area (Å²) in [5.41, 5.74) is 7.45. The molecule has 0 saturated carbocycles. The molecule has 0 spiro atoms. The quantitative estimate of drug-likeness (QED) is 0.209. The van der Waals surface area contributed by atoms with Crippen molar-refractivity contribution in [3.05, 3.63) is 116 Å². The fourth-order valence-corrected chi connectivity index (χ4v) is 2.99. The SMILES string of the molecule is C=C.C=C(C)/C=C(\C)CCC.C=C(S)c1ccccc1-c1ccc(CC)cc1.C=CC.CC.CCCC. The van der Waals surface area contributed by atoms with Gasteiger partial charge in [-0.05, 0) is 55.9 Å². The van der Waals surface area contributed by atoms with Gasteiger partial charge in [-0.1, -0.05) is 146 Å². The molecule has 0 aliphatic carbocycles. The van der Waals surface area contributed by atoms with Crippen LogP contribution in [0.3, 0.4) is 0 Å². The van der Waals surface area contributed by atoms with Gasteiger partial charge in [-0.25, -0.2) is 0 Å². The minimum Gasteiger partial charge on any atom is -0.143 e. The minimum atomic E-state index is 0.806. The maximum absolute atomic E-state index is 4.35. The van der Waals surface area contributed by atoms with Crippen molar-refractivity contribution in [2.45, 2.75) is 94.4 Å². The molecule has 0 aliphatic heterocycles. The van der Waals surface area contributed by atoms with Gasteiger partial charge in [0.25, 0.3) is 0 Å². The number of unbranched alkanes of at least 4 members (excludes halogenated alkanes) is 1. The molecule has 208 valence electrons. The number of hydrogen-bond acceptors (Lipinski definition) is 1. The highest BCUT2D eigenvalue weighted by atomic mass is 32.1. The van der Waals surface area contributed by atoms with E-state index in [1.54, 1.807) is 6.08 Å². The first-order valence-electron chi connectivity index (χ1n) is 13.7. The Kier molecular flexibility index (Phi) is 35.4. The van der Waals surface area contributed by atoms with Gasteiger partial charge in [-0.3, -0.25) is 0 Å². The molecule has 0 atom stereocenters. The van der Waals surface area contributed by atoms with Gasteiger partial charge in [0.2, 0.25) is 0 Å². The van der Waals surface area contributed by atoms with Crippen molar-refractivity contribution in [1.29, 1.82) is 0 Å². The number of rotatable bonds is 7. The second-order valence-corrected chi connectivity index (χ2v) is 8.58. The lowest BCUT2D eigenvalue weighted by Crippen LogP contribution is -1.86. The molecule has 0 nitrogen and oxygen atoms in total. The normalized spacial score (nSPS) is 8.97. The largest absolute Gasteiger partial charge is 0.143 e. The third-order valence-electron chi connectivity index (χ3n) is 4.55. The van der Waals surface area contributed by atoms with E-state index in [4.69, 9.17) is 0 Å². The Bertz CT molecular complexity index is 835. The molecule has 0 aromatic heterocycles. The summed E-state index contributed by atoms with van der Waals surface area (Å²) in [4.78, 5) is 0.806. The van der Waals surface area contributed by atoms with Crippen molar-refractivity contribution in [3.63, 3.8) is 0 Å². The van der Waals surface area contributed by atoms with Crippen LogP contribution in [0.15, 0.2) is 105 Å². The Labute approximate surface area is 238 Å². The summed E-state index contributed by atoms with van der Waals surface area (Å²) in [6, 6.07) is 16.9. The summed E-state index contributed by atoms with van der Waals surface area (Å²) in [5.74, 6) is 0. The van der Waals surface area contributed by atoms with Crippen LogP contribution in [-0.4, -0.2) is 0 Å². The third-order valence-corrected chi connectivity index (χ3v) is 4.79. The topological polar surface area (TPSA) is 0 Å². The molecule has 0 fully saturated rings. The molecule has 37 heavy (non-hydrogen) atoms. The van der Waals surface area contributed by atoms with Gasteiger partial charge < -0.3 is 0 Å². The Morgan fingerprint density at radius 3 is 1.62 bits per heavy atom. The third kappa shape index (κ3) is 24.9. The predicted octanol–water partition coefficient (Wildman–Crippen LogP) is 13.0. The zero-order chi connectivity index (χ0) is 29.6. The number of aryl methyl sites for hydroxylation is 1. The number of benzene rings is 2. The first kappa shape index (κ1) is 41.6. The van der Waals surface area contributed by atoms with Crippen molar-refractivity contribution in [3.8, 4) is 11.1 Å². The van der Waals surface area contributed by atoms with Gasteiger partial charge in [-0.15, -0.1) is 32.4 Å². The summed E-state index contributed by atoms with van der Waals surface area (Å²) >= 11 is 4.35. The zero-order valence-corrected chi connectivity index (χ0v) is 26.7. The highest BCUT2D eigenvalue weighted by Crippen LogP contribution is 2.29. The van der Waals surface area contributed by atoms with E-state index in [9.17, 15) is 0 Å². The van der Waals surface area contributed by atoms with E-state index < -0.39 is 0 Å². The van der Waals surface area contributed by atoms with E-state index in [0.29, 0.717) is 0 Å². The molecule has 0 heterocycles. The average molecular weight is 523 g/mol. The van der Waals surface area contributed by atoms with E-state index in [1.165, 1.54) is 47.9 Å². The molecule has 2 rings (SSSR count). The summed E-state index contributed by atoms with van der Waals surface area (Å²) in [7, 11) is 0. The van der Waals surface area contributed by atoms with Crippen LogP contribution in [0, 0.1) is 0 Å². The van der Waals surface area contributed by atoms with E-state index in [-0.39, 0.29) is 0 Å². The van der Waals surface area contributed by atoms with E-state index in [2.05, 4.69) is 123 Å². The van der Waals surface area contributed by atoms with Crippen LogP contribution in [0.2, 0.25) is 0 Å². The van der Waals surface area contributed by atoms with Crippen LogP contribution in [0.5, 0.6) is 0 Å². The summed E-state index contributed by atoms with van der Waals surface area (Å²) in [6.45, 7) is 35.9. The first-order chi connectivity index (χ1) is 17.7. The monoisotopic (exact) mass is 522 g/mol. The lowest BCUT2D eigenvalue weighted by molar-refractivity contribution is 0.886. The van der Waals surface area contributed by atoms with Gasteiger partial charge in [0.15, 0.2) is 0 Å². The number of thiol groups is 1. The van der Waals surface area contributed by atoms with Crippen LogP contribution in [0.4, 0.5) is 0 Å². The van der Waals surface area contributed by atoms with Gasteiger partial charge in [0.1, 0.15) is 0 Å². The van der Waals surface area contributed by atoms with Crippen LogP contribution in [0.1, 0.15) is 99.1 Å². The number of allylic oxidation sites excluding steroid dienone is 4. The van der Waals surface area contributed by atoms with E-state index >= 15 is 0 Å². The second kappa shape index (κ2) is 31.5. The Morgan fingerprint density at radius 1 is 0.811 bits per heavy atom. The minimum absolute atomic E-state index is 0.806. The first-order valence-corrected chi connectivity index (χ1v) is 14.1. The Morgan fingerprint density at radius 2 is 1.27 bits per heavy atom. The molecular weight excluding hydrogens is 464 g/mol. The lowest BCUT2D eigenvalue weighted by Gasteiger charge is -2.09. The van der Waals surface area contributed by atoms with Crippen molar-refractivity contribution in [1.82, 2.24) is 0 Å². The second-order valence-electron chi connectivity index (χ2n) is 8.04. The van der Waals surface area contributed by atoms with Crippen molar-refractivity contribution < 1.29 is 0 Å². The zero-order valence-electron chi connectivity index (χ0n) is 25.8. The van der Waals surface area contributed by atoms with Gasteiger partial charge in [0, 0.05) is 4.91 Å². The smallest absolute Gasteiger partial charge is 0.00468 e. The summed E-state index contributed by atoms with van der Waals surface area (Å²) in [6.07, 6.45) is 10.0. The molecule has 2 aromatic carbocycles. The highest BCUT2D eigenvalue weighted by molar-refractivity contribution is 7.90. The molecule has 1 heteroatoms. The van der Waals surface area contributed by atoms with Crippen LogP contribution in [0.25, 0.3) is 16.0 Å². The van der Waals surface area contributed by atoms with E-state index in [0.717, 1.165) is 22.5 Å². The maximum Gasteiger partial charge on any atom is 0.00468 e. The fraction of sp³-hybridized carbons (Fsp3) is 0.389. The standard InChI is InChI=1S/C16H16S.C9H16.C4H10.C3H6.C2H6.C2H4/c1-3-13-8-10-14(11-9-13)16-7-5-4-6-15(16)12(2)17;1-5-6-9(4)7-8(2)3;1-3-4-2;1-3-2;2*1-2/h4-11,17H,2-3H2,1H3;7H,2,5-6H2,1,3-4H3;3-4H2,1-2H3;3H,1H2,2H3;1-2H3;1-2H2/b;9-7+;;;;. The molecule has 2 aromatic rings. The van der Waals surface area contributed by atoms with Gasteiger partial charge in [0.05, 0.1) is 0 Å².